The number of ether oxygens (including phenoxy) is 1. The molecule has 5 nitrogen and oxygen atoms in total. The van der Waals surface area contributed by atoms with Crippen LogP contribution in [0.4, 0.5) is 4.79 Å². The second-order valence-corrected chi connectivity index (χ2v) is 2.23. The Morgan fingerprint density at radius 2 is 2.17 bits per heavy atom. The minimum atomic E-state index is -0.622. The first kappa shape index (κ1) is 10.5. The Kier molecular flexibility index (Phi) is 4.52. The lowest BCUT2D eigenvalue weighted by molar-refractivity contribution is -0.117. The Morgan fingerprint density at radius 3 is 2.58 bits per heavy atom. The van der Waals surface area contributed by atoms with E-state index in [0.29, 0.717) is 5.76 Å². The van der Waals surface area contributed by atoms with E-state index in [1.54, 1.807) is 6.92 Å². The number of alkyl carbamates (subject to hydrolysis) is 1. The molecule has 0 saturated heterocycles. The molecule has 0 aliphatic rings. The molecule has 0 atom stereocenters. The molecule has 68 valence electrons. The number of rotatable bonds is 4. The van der Waals surface area contributed by atoms with E-state index in [-0.39, 0.29) is 13.0 Å². The van der Waals surface area contributed by atoms with Crippen LogP contribution in [0.25, 0.3) is 0 Å². The number of hydrogen-bond donors (Lipinski definition) is 2. The van der Waals surface area contributed by atoms with Crippen molar-refractivity contribution in [2.75, 3.05) is 6.54 Å². The molecule has 0 spiro atoms. The van der Waals surface area contributed by atoms with Crippen molar-refractivity contribution in [2.45, 2.75) is 13.3 Å². The van der Waals surface area contributed by atoms with Gasteiger partial charge in [-0.3, -0.25) is 4.79 Å². The van der Waals surface area contributed by atoms with Crippen molar-refractivity contribution in [3.8, 4) is 0 Å². The van der Waals surface area contributed by atoms with Crippen LogP contribution in [0.15, 0.2) is 12.3 Å². The number of carbonyl (C=O) groups is 2. The normalized spacial score (nSPS) is 8.75. The monoisotopic (exact) mass is 172 g/mol. The fourth-order valence-electron chi connectivity index (χ4n) is 0.482. The van der Waals surface area contributed by atoms with Gasteiger partial charge < -0.3 is 15.8 Å². The molecule has 0 aromatic carbocycles. The molecule has 0 radical (unpaired) electrons. The third-order valence-corrected chi connectivity index (χ3v) is 0.908. The maximum atomic E-state index is 10.7. The van der Waals surface area contributed by atoms with Gasteiger partial charge in [0, 0.05) is 13.0 Å². The maximum absolute atomic E-state index is 10.7. The SMILES string of the molecule is C=C(C)OC(=O)NCCC(N)=O. The second-order valence-electron chi connectivity index (χ2n) is 2.23. The van der Waals surface area contributed by atoms with Crippen LogP contribution in [0.5, 0.6) is 0 Å². The van der Waals surface area contributed by atoms with Crippen molar-refractivity contribution in [3.63, 3.8) is 0 Å². The Labute approximate surface area is 70.6 Å². The number of amides is 2. The standard InChI is InChI=1S/C7H12N2O3/c1-5(2)12-7(11)9-4-3-6(8)10/h1,3-4H2,2H3,(H2,8,10)(H,9,11). The van der Waals surface area contributed by atoms with Gasteiger partial charge in [-0.25, -0.2) is 4.79 Å². The van der Waals surface area contributed by atoms with Gasteiger partial charge in [-0.05, 0) is 6.92 Å². The average molecular weight is 172 g/mol. The summed E-state index contributed by atoms with van der Waals surface area (Å²) in [5, 5.41) is 2.32. The van der Waals surface area contributed by atoms with Crippen molar-refractivity contribution in [1.82, 2.24) is 5.32 Å². The minimum absolute atomic E-state index is 0.102. The second kappa shape index (κ2) is 5.17. The molecule has 12 heavy (non-hydrogen) atoms. The van der Waals surface area contributed by atoms with E-state index in [4.69, 9.17) is 5.73 Å². The number of nitrogens with two attached hydrogens (primary N) is 1. The van der Waals surface area contributed by atoms with Gasteiger partial charge in [-0.15, -0.1) is 0 Å². The highest BCUT2D eigenvalue weighted by Gasteiger charge is 2.01. The summed E-state index contributed by atoms with van der Waals surface area (Å²) in [6, 6.07) is 0. The molecule has 0 fully saturated rings. The average Bonchev–Trinajstić information content (AvgIpc) is 1.84. The van der Waals surface area contributed by atoms with Gasteiger partial charge in [0.05, 0.1) is 5.76 Å². The molecule has 0 aromatic rings. The zero-order chi connectivity index (χ0) is 9.56. The lowest BCUT2D eigenvalue weighted by Crippen LogP contribution is -2.27. The largest absolute Gasteiger partial charge is 0.416 e. The third kappa shape index (κ3) is 6.60. The van der Waals surface area contributed by atoms with Crippen LogP contribution in [0, 0.1) is 0 Å². The van der Waals surface area contributed by atoms with Crippen LogP contribution < -0.4 is 11.1 Å². The molecule has 0 aromatic heterocycles. The summed E-state index contributed by atoms with van der Waals surface area (Å²) in [7, 11) is 0. The van der Waals surface area contributed by atoms with Gasteiger partial charge in [0.15, 0.2) is 0 Å². The molecule has 3 N–H and O–H groups in total. The molecule has 2 amide bonds. The smallest absolute Gasteiger partial charge is 0.412 e. The van der Waals surface area contributed by atoms with Crippen LogP contribution in [0.3, 0.4) is 0 Å². The first-order valence-corrected chi connectivity index (χ1v) is 3.42. The van der Waals surface area contributed by atoms with Crippen LogP contribution in [-0.2, 0) is 9.53 Å². The lowest BCUT2D eigenvalue weighted by atomic mass is 10.4. The molecule has 0 aliphatic heterocycles. The first-order chi connectivity index (χ1) is 5.52. The van der Waals surface area contributed by atoms with Gasteiger partial charge >= 0.3 is 6.09 Å². The molecular weight excluding hydrogens is 160 g/mol. The molecular formula is C7H12N2O3. The van der Waals surface area contributed by atoms with Crippen LogP contribution >= 0.6 is 0 Å². The quantitative estimate of drug-likeness (QED) is 0.591. The fraction of sp³-hybridized carbons (Fsp3) is 0.429. The molecule has 0 unspecified atom stereocenters. The van der Waals surface area contributed by atoms with Gasteiger partial charge in [0.1, 0.15) is 0 Å². The summed E-state index contributed by atoms with van der Waals surface area (Å²) in [6.07, 6.45) is -0.519. The van der Waals surface area contributed by atoms with Gasteiger partial charge in [-0.1, -0.05) is 6.58 Å². The Hall–Kier alpha value is -1.52. The van der Waals surface area contributed by atoms with Crippen LogP contribution in [0.2, 0.25) is 0 Å². The van der Waals surface area contributed by atoms with Crippen molar-refractivity contribution in [1.29, 1.82) is 0 Å². The number of primary amides is 1. The topological polar surface area (TPSA) is 81.4 Å². The molecule has 5 heteroatoms. The highest BCUT2D eigenvalue weighted by Crippen LogP contribution is 1.89. The number of hydrogen-bond acceptors (Lipinski definition) is 3. The molecule has 0 heterocycles. The number of carbonyl (C=O) groups excluding carboxylic acids is 2. The molecule has 0 bridgehead atoms. The van der Waals surface area contributed by atoms with E-state index >= 15 is 0 Å². The molecule has 0 aliphatic carbocycles. The predicted molar refractivity (Wildman–Crippen MR) is 43.1 cm³/mol. The van der Waals surface area contributed by atoms with E-state index < -0.39 is 12.0 Å². The van der Waals surface area contributed by atoms with Gasteiger partial charge in [0.25, 0.3) is 0 Å². The highest BCUT2D eigenvalue weighted by molar-refractivity contribution is 5.75. The third-order valence-electron chi connectivity index (χ3n) is 0.908. The van der Waals surface area contributed by atoms with E-state index in [2.05, 4.69) is 16.6 Å². The zero-order valence-corrected chi connectivity index (χ0v) is 6.92. The van der Waals surface area contributed by atoms with Crippen LogP contribution in [-0.4, -0.2) is 18.5 Å². The zero-order valence-electron chi connectivity index (χ0n) is 6.92. The van der Waals surface area contributed by atoms with E-state index in [0.717, 1.165) is 0 Å². The Balaban J connectivity index is 3.44. The lowest BCUT2D eigenvalue weighted by Gasteiger charge is -2.03. The van der Waals surface area contributed by atoms with Crippen molar-refractivity contribution < 1.29 is 14.3 Å². The summed E-state index contributed by atoms with van der Waals surface area (Å²) in [6.45, 7) is 5.09. The van der Waals surface area contributed by atoms with Gasteiger partial charge in [-0.2, -0.15) is 0 Å². The minimum Gasteiger partial charge on any atom is -0.416 e. The summed E-state index contributed by atoms with van der Waals surface area (Å²) in [4.78, 5) is 20.9. The Morgan fingerprint density at radius 1 is 1.58 bits per heavy atom. The number of allylic oxidation sites excluding steroid dienone is 1. The fourth-order valence-corrected chi connectivity index (χ4v) is 0.482. The summed E-state index contributed by atoms with van der Waals surface area (Å²) < 4.78 is 4.54. The summed E-state index contributed by atoms with van der Waals surface area (Å²) in [5.74, 6) is -0.169. The first-order valence-electron chi connectivity index (χ1n) is 3.42. The Bertz CT molecular complexity index is 201. The predicted octanol–water partition coefficient (Wildman–Crippen LogP) is 0.122. The van der Waals surface area contributed by atoms with E-state index in [9.17, 15) is 9.59 Å². The van der Waals surface area contributed by atoms with Crippen LogP contribution in [0.1, 0.15) is 13.3 Å². The molecule has 0 rings (SSSR count). The van der Waals surface area contributed by atoms with Gasteiger partial charge in [0.2, 0.25) is 5.91 Å². The van der Waals surface area contributed by atoms with Crippen molar-refractivity contribution in [3.05, 3.63) is 12.3 Å². The summed E-state index contributed by atoms with van der Waals surface area (Å²) >= 11 is 0. The van der Waals surface area contributed by atoms with E-state index in [1.165, 1.54) is 0 Å². The molecule has 0 saturated carbocycles. The maximum Gasteiger partial charge on any atom is 0.412 e. The van der Waals surface area contributed by atoms with Crippen molar-refractivity contribution >= 4 is 12.0 Å². The summed E-state index contributed by atoms with van der Waals surface area (Å²) in [5.41, 5.74) is 4.83. The number of nitrogens with one attached hydrogen (secondary N) is 1. The van der Waals surface area contributed by atoms with Crippen molar-refractivity contribution in [2.24, 2.45) is 5.73 Å². The van der Waals surface area contributed by atoms with E-state index in [1.807, 2.05) is 0 Å². The highest BCUT2D eigenvalue weighted by atomic mass is 16.6.